The molecule has 3 saturated carbocycles. The molecule has 44 heavy (non-hydrogen) atoms. The lowest BCUT2D eigenvalue weighted by atomic mass is 9.47. The molecule has 0 heterocycles. The molecule has 4 aliphatic carbocycles. The van der Waals surface area contributed by atoms with Crippen LogP contribution in [0.25, 0.3) is 0 Å². The largest absolute Gasteiger partial charge is 0.472 e. The summed E-state index contributed by atoms with van der Waals surface area (Å²) in [6.07, 6.45) is 17.6. The van der Waals surface area contributed by atoms with Crippen LogP contribution in [0, 0.1) is 52.3 Å². The molecule has 1 N–H and O–H groups in total. The molecule has 3 fully saturated rings. The fraction of sp³-hybridized carbons (Fsp3) is 0.861. The lowest BCUT2D eigenvalue weighted by Crippen LogP contribution is -2.51. The molecule has 4 rings (SSSR count). The summed E-state index contributed by atoms with van der Waals surface area (Å²) in [6.45, 7) is 14.6. The number of nitrogens with zero attached hydrogens (tertiary/aromatic N) is 1. The summed E-state index contributed by atoms with van der Waals surface area (Å²) in [5.74, 6) is 4.38. The normalized spacial score (nSPS) is 36.6. The van der Waals surface area contributed by atoms with E-state index in [1.54, 1.807) is 0 Å². The van der Waals surface area contributed by atoms with Crippen LogP contribution in [0.5, 0.6) is 0 Å². The first-order valence-electron chi connectivity index (χ1n) is 17.5. The molecule has 0 radical (unpaired) electrons. The Morgan fingerprint density at radius 2 is 1.80 bits per heavy atom. The second-order valence-corrected chi connectivity index (χ2v) is 17.9. The zero-order valence-electron chi connectivity index (χ0n) is 29.2. The molecule has 0 saturated heterocycles. The number of esters is 1. The molecule has 8 heteroatoms. The van der Waals surface area contributed by atoms with Gasteiger partial charge in [0.15, 0.2) is 6.61 Å². The van der Waals surface area contributed by atoms with Crippen LogP contribution in [0.15, 0.2) is 23.8 Å². The van der Waals surface area contributed by atoms with E-state index in [1.165, 1.54) is 37.7 Å². The third kappa shape index (κ3) is 8.11. The minimum absolute atomic E-state index is 0.0677. The van der Waals surface area contributed by atoms with Crippen molar-refractivity contribution in [3.05, 3.63) is 23.8 Å². The summed E-state index contributed by atoms with van der Waals surface area (Å²) in [5.41, 5.74) is 2.04. The first-order valence-corrected chi connectivity index (χ1v) is 19.0. The van der Waals surface area contributed by atoms with Crippen LogP contribution in [0.3, 0.4) is 0 Å². The average molecular weight is 637 g/mol. The maximum Gasteiger partial charge on any atom is 0.472 e. The number of quaternary nitrogens is 1. The Kier molecular flexibility index (Phi) is 11.4. The van der Waals surface area contributed by atoms with E-state index in [0.29, 0.717) is 40.1 Å². The summed E-state index contributed by atoms with van der Waals surface area (Å²) >= 11 is 0. The Labute approximate surface area is 268 Å². The number of carbonyl (C=O) groups is 1. The van der Waals surface area contributed by atoms with Gasteiger partial charge >= 0.3 is 13.8 Å². The molecule has 0 aromatic heterocycles. The maximum atomic E-state index is 12.6. The van der Waals surface area contributed by atoms with Gasteiger partial charge in [-0.15, -0.1) is 0 Å². The van der Waals surface area contributed by atoms with Crippen LogP contribution in [0.1, 0.15) is 99.3 Å². The highest BCUT2D eigenvalue weighted by atomic mass is 31.2. The van der Waals surface area contributed by atoms with E-state index in [1.807, 2.05) is 21.1 Å². The van der Waals surface area contributed by atoms with Crippen molar-refractivity contribution in [2.24, 2.45) is 52.3 Å². The Bertz CT molecular complexity index is 1110. The predicted molar refractivity (Wildman–Crippen MR) is 177 cm³/mol. The van der Waals surface area contributed by atoms with Crippen molar-refractivity contribution in [1.82, 2.24) is 0 Å². The standard InChI is InChI=1S/C36H62NO6P/c1-10-27(25(2)3)12-11-26(4)31-15-16-32-30-14-13-28-23-29(17-19-35(28,5)33(30)18-20-36(31,32)6)43-34(38)24-42-44(39,40)41-22-21-37(7,8)9/h11-13,25-27,29-33H,10,14-24H2,1-9H3/p+1/b12-11+/t26-,27-,29+,30?,31-,32?,33?,35+,36-/m1/s1. The lowest BCUT2D eigenvalue weighted by molar-refractivity contribution is -0.870. The van der Waals surface area contributed by atoms with Gasteiger partial charge in [0.05, 0.1) is 21.1 Å². The van der Waals surface area contributed by atoms with Crippen LogP contribution < -0.4 is 0 Å². The van der Waals surface area contributed by atoms with Crippen molar-refractivity contribution in [1.29, 1.82) is 0 Å². The Hall–Kier alpha value is -0.980. The van der Waals surface area contributed by atoms with Gasteiger partial charge in [-0.05, 0) is 104 Å². The van der Waals surface area contributed by atoms with E-state index >= 15 is 0 Å². The quantitative estimate of drug-likeness (QED) is 0.0950. The number of ether oxygens (including phenoxy) is 1. The average Bonchev–Trinajstić information content (AvgIpc) is 3.29. The number of fused-ring (bicyclic) bond motifs is 5. The van der Waals surface area contributed by atoms with Crippen molar-refractivity contribution in [3.8, 4) is 0 Å². The molecule has 0 aromatic rings. The number of phosphoric ester groups is 1. The van der Waals surface area contributed by atoms with Crippen LogP contribution in [0.4, 0.5) is 0 Å². The number of rotatable bonds is 13. The first kappa shape index (κ1) is 35.9. The molecular weight excluding hydrogens is 573 g/mol. The monoisotopic (exact) mass is 636 g/mol. The molecule has 0 aliphatic heterocycles. The van der Waals surface area contributed by atoms with Gasteiger partial charge in [0.1, 0.15) is 19.3 Å². The van der Waals surface area contributed by atoms with Gasteiger partial charge in [0.25, 0.3) is 0 Å². The van der Waals surface area contributed by atoms with Crippen LogP contribution >= 0.6 is 7.82 Å². The molecule has 4 aliphatic rings. The number of likely N-dealkylation sites (N-methyl/N-ethyl adjacent to an activating group) is 1. The minimum atomic E-state index is -4.30. The van der Waals surface area contributed by atoms with E-state index in [-0.39, 0.29) is 18.1 Å². The SMILES string of the molecule is CC[C@H](/C=C/[C@@H](C)[C@H]1CCC2C3CC=C4C[C@@H](OC(=O)COP(=O)(O)OCC[N+](C)(C)C)CC[C@]4(C)C3CC[C@@]21C)C(C)C. The van der Waals surface area contributed by atoms with Gasteiger partial charge in [0, 0.05) is 6.42 Å². The fourth-order valence-electron chi connectivity index (χ4n) is 9.74. The Morgan fingerprint density at radius 3 is 2.45 bits per heavy atom. The van der Waals surface area contributed by atoms with Crippen molar-refractivity contribution in [2.45, 2.75) is 105 Å². The van der Waals surface area contributed by atoms with Crippen molar-refractivity contribution in [3.63, 3.8) is 0 Å². The summed E-state index contributed by atoms with van der Waals surface area (Å²) in [6, 6.07) is 0. The Morgan fingerprint density at radius 1 is 1.07 bits per heavy atom. The molecule has 0 amide bonds. The second kappa shape index (κ2) is 14.0. The van der Waals surface area contributed by atoms with Gasteiger partial charge in [-0.2, -0.15) is 0 Å². The zero-order valence-corrected chi connectivity index (χ0v) is 30.1. The van der Waals surface area contributed by atoms with Gasteiger partial charge in [-0.25, -0.2) is 9.36 Å². The number of allylic oxidation sites excluding steroid dienone is 3. The third-order valence-corrected chi connectivity index (χ3v) is 13.4. The molecule has 7 nitrogen and oxygen atoms in total. The molecule has 10 atom stereocenters. The first-order chi connectivity index (χ1) is 20.5. The molecule has 252 valence electrons. The summed E-state index contributed by atoms with van der Waals surface area (Å²) in [4.78, 5) is 22.5. The van der Waals surface area contributed by atoms with Crippen LogP contribution in [-0.2, 0) is 23.1 Å². The molecule has 0 aromatic carbocycles. The summed E-state index contributed by atoms with van der Waals surface area (Å²) < 4.78 is 28.5. The van der Waals surface area contributed by atoms with E-state index in [2.05, 4.69) is 59.8 Å². The third-order valence-electron chi connectivity index (χ3n) is 12.4. The van der Waals surface area contributed by atoms with E-state index in [9.17, 15) is 14.3 Å². The van der Waals surface area contributed by atoms with Gasteiger partial charge < -0.3 is 14.1 Å². The molecular formula is C36H63NO6P+. The van der Waals surface area contributed by atoms with Crippen LogP contribution in [0.2, 0.25) is 0 Å². The smallest absolute Gasteiger partial charge is 0.460 e. The fourth-order valence-corrected chi connectivity index (χ4v) is 10.4. The summed E-state index contributed by atoms with van der Waals surface area (Å²) in [7, 11) is 1.59. The predicted octanol–water partition coefficient (Wildman–Crippen LogP) is 8.19. The summed E-state index contributed by atoms with van der Waals surface area (Å²) in [5, 5.41) is 0. The minimum Gasteiger partial charge on any atom is -0.460 e. The molecule has 0 spiro atoms. The van der Waals surface area contributed by atoms with E-state index < -0.39 is 20.4 Å². The zero-order chi connectivity index (χ0) is 32.5. The van der Waals surface area contributed by atoms with Crippen molar-refractivity contribution < 1.29 is 32.5 Å². The van der Waals surface area contributed by atoms with Crippen LogP contribution in [-0.4, -0.2) is 62.4 Å². The number of carbonyl (C=O) groups excluding carboxylic acids is 1. The highest BCUT2D eigenvalue weighted by molar-refractivity contribution is 7.47. The maximum absolute atomic E-state index is 12.6. The lowest BCUT2D eigenvalue weighted by Gasteiger charge is -2.58. The molecule has 4 unspecified atom stereocenters. The number of hydrogen-bond acceptors (Lipinski definition) is 5. The van der Waals surface area contributed by atoms with Gasteiger partial charge in [-0.3, -0.25) is 9.05 Å². The van der Waals surface area contributed by atoms with Crippen molar-refractivity contribution >= 4 is 13.8 Å². The number of phosphoric acid groups is 1. The van der Waals surface area contributed by atoms with Gasteiger partial charge in [0.2, 0.25) is 0 Å². The number of hydrogen-bond donors (Lipinski definition) is 1. The van der Waals surface area contributed by atoms with Gasteiger partial charge in [-0.1, -0.05) is 65.3 Å². The second-order valence-electron chi connectivity index (χ2n) is 16.5. The van der Waals surface area contributed by atoms with Crippen molar-refractivity contribution in [2.75, 3.05) is 40.9 Å². The Balaban J connectivity index is 1.33. The molecule has 0 bridgehead atoms. The van der Waals surface area contributed by atoms with E-state index in [4.69, 9.17) is 13.8 Å². The highest BCUT2D eigenvalue weighted by Gasteiger charge is 2.59. The highest BCUT2D eigenvalue weighted by Crippen LogP contribution is 2.67. The van der Waals surface area contributed by atoms with E-state index in [0.717, 1.165) is 43.4 Å². The topological polar surface area (TPSA) is 82.1 Å².